The van der Waals surface area contributed by atoms with E-state index in [1.54, 1.807) is 0 Å². The van der Waals surface area contributed by atoms with Crippen LogP contribution in [0.1, 0.15) is 41.0 Å². The van der Waals surface area contributed by atoms with E-state index in [1.807, 2.05) is 66.4 Å². The Labute approximate surface area is 193 Å². The van der Waals surface area contributed by atoms with Crippen LogP contribution in [0.2, 0.25) is 0 Å². The number of piperazine rings is 1. The summed E-state index contributed by atoms with van der Waals surface area (Å²) < 4.78 is 5.88. The number of nitrogens with zero attached hydrogens (tertiary/aromatic N) is 3. The van der Waals surface area contributed by atoms with Crippen molar-refractivity contribution in [1.29, 1.82) is 0 Å². The molecular formula is C26H29N3O2S. The summed E-state index contributed by atoms with van der Waals surface area (Å²) >= 11 is 1.49. The predicted molar refractivity (Wildman–Crippen MR) is 129 cm³/mol. The van der Waals surface area contributed by atoms with Crippen LogP contribution in [0, 0.1) is 6.92 Å². The minimum atomic E-state index is 0.126. The number of carbonyl (C=O) groups is 1. The number of benzene rings is 2. The van der Waals surface area contributed by atoms with Crippen molar-refractivity contribution in [2.45, 2.75) is 38.6 Å². The zero-order valence-corrected chi connectivity index (χ0v) is 19.3. The number of aromatic nitrogens is 1. The van der Waals surface area contributed by atoms with Crippen molar-refractivity contribution in [3.8, 4) is 22.1 Å². The molecule has 6 heteroatoms. The molecule has 1 aromatic heterocycles. The van der Waals surface area contributed by atoms with Gasteiger partial charge < -0.3 is 9.64 Å². The van der Waals surface area contributed by atoms with E-state index < -0.39 is 0 Å². The first-order valence-corrected chi connectivity index (χ1v) is 12.3. The van der Waals surface area contributed by atoms with Gasteiger partial charge in [0.2, 0.25) is 0 Å². The number of hydrogen-bond acceptors (Lipinski definition) is 5. The molecule has 3 aromatic rings. The van der Waals surface area contributed by atoms with Crippen LogP contribution in [-0.4, -0.2) is 52.9 Å². The van der Waals surface area contributed by atoms with E-state index >= 15 is 0 Å². The standard InChI is InChI=1S/C26H29N3O2S/c1-19-24(26(30)29-17-15-28(16-18-29)21-7-5-6-8-21)32-25(27-19)20-11-13-23(14-12-20)31-22-9-3-2-4-10-22/h2-4,9-14,21H,5-8,15-18H2,1H3. The molecule has 1 aliphatic carbocycles. The van der Waals surface area contributed by atoms with Gasteiger partial charge in [0, 0.05) is 37.8 Å². The lowest BCUT2D eigenvalue weighted by atomic mass is 10.1. The Kier molecular flexibility index (Phi) is 6.23. The number of hydrogen-bond donors (Lipinski definition) is 0. The Balaban J connectivity index is 1.24. The maximum Gasteiger partial charge on any atom is 0.265 e. The highest BCUT2D eigenvalue weighted by molar-refractivity contribution is 7.17. The summed E-state index contributed by atoms with van der Waals surface area (Å²) in [5, 5.41) is 0.877. The fourth-order valence-electron chi connectivity index (χ4n) is 4.71. The van der Waals surface area contributed by atoms with Crippen LogP contribution < -0.4 is 4.74 Å². The Morgan fingerprint density at radius 2 is 1.59 bits per heavy atom. The molecule has 5 rings (SSSR count). The molecular weight excluding hydrogens is 418 g/mol. The molecule has 0 radical (unpaired) electrons. The molecule has 0 spiro atoms. The van der Waals surface area contributed by atoms with Gasteiger partial charge in [-0.05, 0) is 56.2 Å². The quantitative estimate of drug-likeness (QED) is 0.510. The molecule has 1 aliphatic heterocycles. The zero-order valence-electron chi connectivity index (χ0n) is 18.5. The van der Waals surface area contributed by atoms with Crippen LogP contribution in [-0.2, 0) is 0 Å². The van der Waals surface area contributed by atoms with E-state index in [0.717, 1.165) is 64.9 Å². The maximum absolute atomic E-state index is 13.2. The zero-order chi connectivity index (χ0) is 21.9. The van der Waals surface area contributed by atoms with E-state index in [-0.39, 0.29) is 5.91 Å². The number of thiazole rings is 1. The first kappa shape index (κ1) is 21.2. The molecule has 2 fully saturated rings. The van der Waals surface area contributed by atoms with Crippen LogP contribution in [0.15, 0.2) is 54.6 Å². The van der Waals surface area contributed by atoms with Gasteiger partial charge >= 0.3 is 0 Å². The highest BCUT2D eigenvalue weighted by Crippen LogP contribution is 2.31. The lowest BCUT2D eigenvalue weighted by Crippen LogP contribution is -2.51. The first-order valence-electron chi connectivity index (χ1n) is 11.5. The molecule has 32 heavy (non-hydrogen) atoms. The minimum absolute atomic E-state index is 0.126. The van der Waals surface area contributed by atoms with Gasteiger partial charge in [0.25, 0.3) is 5.91 Å². The van der Waals surface area contributed by atoms with Crippen LogP contribution in [0.3, 0.4) is 0 Å². The molecule has 5 nitrogen and oxygen atoms in total. The molecule has 0 unspecified atom stereocenters. The fourth-order valence-corrected chi connectivity index (χ4v) is 5.75. The summed E-state index contributed by atoms with van der Waals surface area (Å²) in [4.78, 5) is 23.3. The highest BCUT2D eigenvalue weighted by Gasteiger charge is 2.29. The smallest absolute Gasteiger partial charge is 0.265 e. The second kappa shape index (κ2) is 9.43. The normalized spacial score (nSPS) is 17.6. The van der Waals surface area contributed by atoms with Crippen LogP contribution >= 0.6 is 11.3 Å². The van der Waals surface area contributed by atoms with Gasteiger partial charge in [0.15, 0.2) is 0 Å². The van der Waals surface area contributed by atoms with Crippen LogP contribution in [0.25, 0.3) is 10.6 Å². The van der Waals surface area contributed by atoms with Crippen LogP contribution in [0.5, 0.6) is 11.5 Å². The van der Waals surface area contributed by atoms with E-state index in [9.17, 15) is 4.79 Å². The van der Waals surface area contributed by atoms with Crippen molar-refractivity contribution in [2.75, 3.05) is 26.2 Å². The molecule has 0 atom stereocenters. The van der Waals surface area contributed by atoms with Gasteiger partial charge in [0.05, 0.1) is 5.69 Å². The second-order valence-electron chi connectivity index (χ2n) is 8.64. The van der Waals surface area contributed by atoms with Crippen molar-refractivity contribution in [3.63, 3.8) is 0 Å². The molecule has 0 bridgehead atoms. The topological polar surface area (TPSA) is 45.7 Å². The monoisotopic (exact) mass is 447 g/mol. The third-order valence-corrected chi connectivity index (χ3v) is 7.71. The SMILES string of the molecule is Cc1nc(-c2ccc(Oc3ccccc3)cc2)sc1C(=O)N1CCN(C2CCCC2)CC1. The summed E-state index contributed by atoms with van der Waals surface area (Å²) in [6.07, 6.45) is 5.35. The van der Waals surface area contributed by atoms with E-state index in [0.29, 0.717) is 0 Å². The Morgan fingerprint density at radius 3 is 2.28 bits per heavy atom. The van der Waals surface area contributed by atoms with Crippen molar-refractivity contribution in [2.24, 2.45) is 0 Å². The largest absolute Gasteiger partial charge is 0.457 e. The molecule has 2 aliphatic rings. The summed E-state index contributed by atoms with van der Waals surface area (Å²) in [6.45, 7) is 5.55. The molecule has 1 saturated carbocycles. The Bertz CT molecular complexity index is 1050. The minimum Gasteiger partial charge on any atom is -0.457 e. The second-order valence-corrected chi connectivity index (χ2v) is 9.64. The van der Waals surface area contributed by atoms with Crippen molar-refractivity contribution < 1.29 is 9.53 Å². The third kappa shape index (κ3) is 4.57. The summed E-state index contributed by atoms with van der Waals surface area (Å²) in [6, 6.07) is 18.4. The Morgan fingerprint density at radius 1 is 0.938 bits per heavy atom. The van der Waals surface area contributed by atoms with Gasteiger partial charge in [-0.2, -0.15) is 0 Å². The predicted octanol–water partition coefficient (Wildman–Crippen LogP) is 5.61. The molecule has 1 saturated heterocycles. The summed E-state index contributed by atoms with van der Waals surface area (Å²) in [7, 11) is 0. The highest BCUT2D eigenvalue weighted by atomic mass is 32.1. The molecule has 2 heterocycles. The van der Waals surface area contributed by atoms with Gasteiger partial charge in [-0.3, -0.25) is 9.69 Å². The first-order chi connectivity index (χ1) is 15.7. The number of amides is 1. The lowest BCUT2D eigenvalue weighted by molar-refractivity contribution is 0.0577. The van der Waals surface area contributed by atoms with Crippen LogP contribution in [0.4, 0.5) is 0 Å². The Hall–Kier alpha value is -2.70. The van der Waals surface area contributed by atoms with Gasteiger partial charge in [0.1, 0.15) is 21.4 Å². The average molecular weight is 448 g/mol. The maximum atomic E-state index is 13.2. The molecule has 2 aromatic carbocycles. The van der Waals surface area contributed by atoms with Gasteiger partial charge in [-0.15, -0.1) is 11.3 Å². The van der Waals surface area contributed by atoms with Gasteiger partial charge in [-0.1, -0.05) is 31.0 Å². The van der Waals surface area contributed by atoms with Gasteiger partial charge in [-0.25, -0.2) is 4.98 Å². The fraction of sp³-hybridized carbons (Fsp3) is 0.385. The van der Waals surface area contributed by atoms with Crippen molar-refractivity contribution in [3.05, 3.63) is 65.2 Å². The number of aryl methyl sites for hydroxylation is 1. The number of ether oxygens (including phenoxy) is 1. The average Bonchev–Trinajstić information content (AvgIpc) is 3.50. The van der Waals surface area contributed by atoms with E-state index in [4.69, 9.17) is 9.72 Å². The van der Waals surface area contributed by atoms with Crippen molar-refractivity contribution >= 4 is 17.2 Å². The van der Waals surface area contributed by atoms with Crippen molar-refractivity contribution in [1.82, 2.24) is 14.8 Å². The molecule has 1 amide bonds. The third-order valence-electron chi connectivity index (χ3n) is 6.51. The molecule has 166 valence electrons. The summed E-state index contributed by atoms with van der Waals surface area (Å²) in [5.74, 6) is 1.72. The van der Waals surface area contributed by atoms with E-state index in [2.05, 4.69) is 4.90 Å². The number of rotatable bonds is 5. The number of carbonyl (C=O) groups excluding carboxylic acids is 1. The lowest BCUT2D eigenvalue weighted by Gasteiger charge is -2.37. The van der Waals surface area contributed by atoms with E-state index in [1.165, 1.54) is 37.0 Å². The number of para-hydroxylation sites is 1. The molecule has 0 N–H and O–H groups in total. The summed E-state index contributed by atoms with van der Waals surface area (Å²) in [5.41, 5.74) is 1.82.